The molecule has 0 saturated carbocycles. The highest BCUT2D eigenvalue weighted by Gasteiger charge is 2.25. The van der Waals surface area contributed by atoms with Gasteiger partial charge < -0.3 is 4.90 Å². The minimum atomic E-state index is -0.182. The topological polar surface area (TPSA) is 60.1 Å². The Kier molecular flexibility index (Phi) is 5.17. The summed E-state index contributed by atoms with van der Waals surface area (Å²) in [6.45, 7) is 1.42. The summed E-state index contributed by atoms with van der Waals surface area (Å²) in [7, 11) is 1.79. The summed E-state index contributed by atoms with van der Waals surface area (Å²) in [6.07, 6.45) is 6.84. The first-order valence-electron chi connectivity index (χ1n) is 9.28. The van der Waals surface area contributed by atoms with E-state index in [2.05, 4.69) is 39.2 Å². The largest absolute Gasteiger partial charge is 0.339 e. The highest BCUT2D eigenvalue weighted by Crippen LogP contribution is 2.30. The molecule has 3 heterocycles. The van der Waals surface area contributed by atoms with Crippen LogP contribution in [0.25, 0.3) is 5.69 Å². The number of halogens is 1. The zero-order valence-electron chi connectivity index (χ0n) is 15.6. The Balaban J connectivity index is 1.49. The van der Waals surface area contributed by atoms with Crippen LogP contribution in [-0.2, 0) is 7.05 Å². The van der Waals surface area contributed by atoms with Gasteiger partial charge in [-0.05, 0) is 42.5 Å². The number of amides is 1. The third-order valence-electron chi connectivity index (χ3n) is 5.23. The number of aryl methyl sites for hydroxylation is 1. The van der Waals surface area contributed by atoms with Gasteiger partial charge >= 0.3 is 0 Å². The summed E-state index contributed by atoms with van der Waals surface area (Å²) < 4.78 is 4.18. The second-order valence-corrected chi connectivity index (χ2v) is 8.04. The molecule has 28 heavy (non-hydrogen) atoms. The fourth-order valence-electron chi connectivity index (χ4n) is 3.71. The van der Waals surface area contributed by atoms with E-state index in [-0.39, 0.29) is 11.5 Å². The lowest BCUT2D eigenvalue weighted by atomic mass is 9.89. The number of rotatable bonds is 3. The third kappa shape index (κ3) is 3.80. The number of nitrogens with zero attached hydrogens (tertiary/aromatic N) is 4. The normalized spacial score (nSPS) is 15.0. The van der Waals surface area contributed by atoms with Crippen molar-refractivity contribution >= 4 is 21.8 Å². The quantitative estimate of drug-likeness (QED) is 0.627. The fourth-order valence-corrected chi connectivity index (χ4v) is 4.12. The maximum Gasteiger partial charge on any atom is 0.255 e. The molecule has 0 spiro atoms. The first-order valence-corrected chi connectivity index (χ1v) is 10.1. The van der Waals surface area contributed by atoms with Crippen LogP contribution in [-0.4, -0.2) is 38.2 Å². The lowest BCUT2D eigenvalue weighted by molar-refractivity contribution is 0.0712. The van der Waals surface area contributed by atoms with E-state index in [0.29, 0.717) is 30.3 Å². The molecule has 1 saturated heterocycles. The molecular formula is C21H21BrN4O2. The second-order valence-electron chi connectivity index (χ2n) is 7.12. The van der Waals surface area contributed by atoms with Crippen molar-refractivity contribution in [3.8, 4) is 5.69 Å². The Labute approximate surface area is 171 Å². The van der Waals surface area contributed by atoms with E-state index in [1.165, 1.54) is 16.2 Å². The van der Waals surface area contributed by atoms with Gasteiger partial charge in [-0.25, -0.2) is 0 Å². The lowest BCUT2D eigenvalue weighted by Crippen LogP contribution is -2.38. The van der Waals surface area contributed by atoms with Gasteiger partial charge in [-0.2, -0.15) is 5.10 Å². The summed E-state index contributed by atoms with van der Waals surface area (Å²) in [5.74, 6) is 0.427. The van der Waals surface area contributed by atoms with Crippen molar-refractivity contribution in [1.82, 2.24) is 19.2 Å². The van der Waals surface area contributed by atoms with Crippen molar-refractivity contribution in [3.05, 3.63) is 80.9 Å². The van der Waals surface area contributed by atoms with Crippen LogP contribution >= 0.6 is 15.9 Å². The van der Waals surface area contributed by atoms with Crippen LogP contribution in [0.4, 0.5) is 0 Å². The number of aromatic nitrogens is 3. The molecule has 1 fully saturated rings. The number of hydrogen-bond acceptors (Lipinski definition) is 3. The predicted octanol–water partition coefficient (Wildman–Crippen LogP) is 3.35. The molecule has 0 bridgehead atoms. The average molecular weight is 441 g/mol. The molecule has 0 N–H and O–H groups in total. The third-order valence-corrected chi connectivity index (χ3v) is 5.72. The van der Waals surface area contributed by atoms with E-state index in [1.807, 2.05) is 11.0 Å². The Morgan fingerprint density at radius 3 is 2.61 bits per heavy atom. The van der Waals surface area contributed by atoms with Crippen LogP contribution in [0, 0.1) is 0 Å². The molecule has 4 rings (SSSR count). The van der Waals surface area contributed by atoms with E-state index in [9.17, 15) is 9.59 Å². The zero-order valence-corrected chi connectivity index (χ0v) is 17.2. The molecule has 144 valence electrons. The van der Waals surface area contributed by atoms with Crippen molar-refractivity contribution in [2.24, 2.45) is 7.05 Å². The lowest BCUT2D eigenvalue weighted by Gasteiger charge is -2.32. The van der Waals surface area contributed by atoms with Gasteiger partial charge in [-0.3, -0.25) is 18.8 Å². The molecule has 2 aromatic heterocycles. The summed E-state index contributed by atoms with van der Waals surface area (Å²) in [4.78, 5) is 27.1. The maximum absolute atomic E-state index is 13.0. The summed E-state index contributed by atoms with van der Waals surface area (Å²) in [5, 5.41) is 4.10. The molecule has 1 aliphatic rings. The molecule has 3 aromatic rings. The highest BCUT2D eigenvalue weighted by atomic mass is 79.9. The van der Waals surface area contributed by atoms with Crippen LogP contribution in [0.3, 0.4) is 0 Å². The van der Waals surface area contributed by atoms with Gasteiger partial charge in [0.25, 0.3) is 11.5 Å². The molecule has 1 aliphatic heterocycles. The van der Waals surface area contributed by atoms with Crippen molar-refractivity contribution in [2.75, 3.05) is 13.1 Å². The van der Waals surface area contributed by atoms with E-state index < -0.39 is 0 Å². The fraction of sp³-hybridized carbons (Fsp3) is 0.286. The van der Waals surface area contributed by atoms with Gasteiger partial charge in [0.15, 0.2) is 0 Å². The van der Waals surface area contributed by atoms with Crippen molar-refractivity contribution < 1.29 is 4.79 Å². The summed E-state index contributed by atoms with van der Waals surface area (Å²) >= 11 is 3.53. The Bertz CT molecular complexity index is 1060. The van der Waals surface area contributed by atoms with Gasteiger partial charge in [0.05, 0.1) is 17.4 Å². The van der Waals surface area contributed by atoms with Crippen molar-refractivity contribution in [1.29, 1.82) is 0 Å². The van der Waals surface area contributed by atoms with E-state index in [4.69, 9.17) is 0 Å². The monoisotopic (exact) mass is 440 g/mol. The molecule has 1 amide bonds. The van der Waals surface area contributed by atoms with Crippen LogP contribution in [0.1, 0.15) is 34.7 Å². The molecule has 6 nitrogen and oxygen atoms in total. The van der Waals surface area contributed by atoms with Crippen molar-refractivity contribution in [2.45, 2.75) is 18.8 Å². The van der Waals surface area contributed by atoms with Crippen LogP contribution < -0.4 is 5.56 Å². The minimum absolute atomic E-state index is 0.0367. The first kappa shape index (κ1) is 18.7. The van der Waals surface area contributed by atoms with Crippen LogP contribution in [0.5, 0.6) is 0 Å². The SMILES string of the molecule is Cn1cc(-n2cc(C(=O)N3CCC(c4cccc(Br)c4)CC3)ccc2=O)cn1. The number of carbonyl (C=O) groups is 1. The van der Waals surface area contributed by atoms with E-state index in [0.717, 1.165) is 17.3 Å². The molecular weight excluding hydrogens is 420 g/mol. The van der Waals surface area contributed by atoms with Crippen LogP contribution in [0.2, 0.25) is 0 Å². The molecule has 0 aliphatic carbocycles. The Morgan fingerprint density at radius 2 is 1.93 bits per heavy atom. The maximum atomic E-state index is 13.0. The molecule has 7 heteroatoms. The van der Waals surface area contributed by atoms with Gasteiger partial charge in [-0.1, -0.05) is 28.1 Å². The van der Waals surface area contributed by atoms with Gasteiger partial charge in [0.1, 0.15) is 0 Å². The number of hydrogen-bond donors (Lipinski definition) is 0. The molecule has 1 aromatic carbocycles. The van der Waals surface area contributed by atoms with E-state index >= 15 is 0 Å². The second kappa shape index (κ2) is 7.75. The average Bonchev–Trinajstić information content (AvgIpc) is 3.14. The Hall–Kier alpha value is -2.67. The number of piperidine rings is 1. The number of benzene rings is 1. The minimum Gasteiger partial charge on any atom is -0.339 e. The summed E-state index contributed by atoms with van der Waals surface area (Å²) in [6, 6.07) is 11.4. The van der Waals surface area contributed by atoms with E-state index in [1.54, 1.807) is 36.4 Å². The Morgan fingerprint density at radius 1 is 1.14 bits per heavy atom. The molecule has 0 unspecified atom stereocenters. The van der Waals surface area contributed by atoms with Crippen molar-refractivity contribution in [3.63, 3.8) is 0 Å². The zero-order chi connectivity index (χ0) is 19.7. The smallest absolute Gasteiger partial charge is 0.255 e. The first-order chi connectivity index (χ1) is 13.5. The number of pyridine rings is 1. The number of likely N-dealkylation sites (tertiary alicyclic amines) is 1. The van der Waals surface area contributed by atoms with Gasteiger partial charge in [-0.15, -0.1) is 0 Å². The van der Waals surface area contributed by atoms with Gasteiger partial charge in [0, 0.05) is 43.1 Å². The number of carbonyl (C=O) groups excluding carboxylic acids is 1. The molecule has 0 radical (unpaired) electrons. The standard InChI is InChI=1S/C21H21BrN4O2/c1-24-14-19(12-23-24)26-13-17(5-6-20(26)27)21(28)25-9-7-15(8-10-25)16-3-2-4-18(22)11-16/h2-6,11-15H,7-10H2,1H3. The van der Waals surface area contributed by atoms with Gasteiger partial charge in [0.2, 0.25) is 0 Å². The predicted molar refractivity (Wildman–Crippen MR) is 111 cm³/mol. The van der Waals surface area contributed by atoms with Crippen LogP contribution in [0.15, 0.2) is 64.3 Å². The summed E-state index contributed by atoms with van der Waals surface area (Å²) in [5.41, 5.74) is 2.30. The highest BCUT2D eigenvalue weighted by molar-refractivity contribution is 9.10. The molecule has 0 atom stereocenters.